The van der Waals surface area contributed by atoms with E-state index in [0.717, 1.165) is 0 Å². The van der Waals surface area contributed by atoms with Gasteiger partial charge in [-0.2, -0.15) is 4.31 Å². The molecule has 130 valence electrons. The van der Waals surface area contributed by atoms with Crippen LogP contribution in [0.5, 0.6) is 5.75 Å². The lowest BCUT2D eigenvalue weighted by Gasteiger charge is -2.33. The van der Waals surface area contributed by atoms with Crippen LogP contribution < -0.4 is 10.1 Å². The van der Waals surface area contributed by atoms with E-state index in [4.69, 9.17) is 4.74 Å². The second-order valence-electron chi connectivity index (χ2n) is 5.82. The van der Waals surface area contributed by atoms with Crippen molar-refractivity contribution < 1.29 is 22.7 Å². The molecule has 1 atom stereocenters. The molecule has 1 aromatic rings. The number of amides is 2. The Morgan fingerprint density at radius 3 is 2.54 bits per heavy atom. The molecule has 2 aliphatic heterocycles. The van der Waals surface area contributed by atoms with Crippen LogP contribution in [0.3, 0.4) is 0 Å². The van der Waals surface area contributed by atoms with Crippen LogP contribution in [0.15, 0.2) is 23.1 Å². The molecule has 1 unspecified atom stereocenters. The van der Waals surface area contributed by atoms with Gasteiger partial charge in [0, 0.05) is 33.1 Å². The Morgan fingerprint density at radius 2 is 1.92 bits per heavy atom. The predicted octanol–water partition coefficient (Wildman–Crippen LogP) is 0.259. The van der Waals surface area contributed by atoms with Gasteiger partial charge < -0.3 is 15.0 Å². The molecule has 2 heterocycles. The van der Waals surface area contributed by atoms with Crippen molar-refractivity contribution in [2.75, 3.05) is 31.5 Å². The van der Waals surface area contributed by atoms with Gasteiger partial charge in [-0.1, -0.05) is 0 Å². The van der Waals surface area contributed by atoms with Crippen LogP contribution >= 0.6 is 0 Å². The number of nitrogens with zero attached hydrogens (tertiary/aromatic N) is 2. The first-order chi connectivity index (χ1) is 11.3. The third kappa shape index (κ3) is 2.96. The van der Waals surface area contributed by atoms with Crippen LogP contribution in [0.2, 0.25) is 0 Å². The molecule has 0 spiro atoms. The molecule has 24 heavy (non-hydrogen) atoms. The van der Waals surface area contributed by atoms with Gasteiger partial charge in [0.05, 0.1) is 10.6 Å². The number of carbonyl (C=O) groups is 2. The van der Waals surface area contributed by atoms with Crippen molar-refractivity contribution in [2.45, 2.75) is 24.8 Å². The first-order valence-corrected chi connectivity index (χ1v) is 9.10. The van der Waals surface area contributed by atoms with Crippen LogP contribution in [-0.2, 0) is 19.6 Å². The minimum Gasteiger partial charge on any atom is -0.479 e. The highest BCUT2D eigenvalue weighted by Gasteiger charge is 2.31. The van der Waals surface area contributed by atoms with E-state index in [1.807, 2.05) is 0 Å². The number of anilines is 1. The quantitative estimate of drug-likeness (QED) is 0.823. The van der Waals surface area contributed by atoms with E-state index in [0.29, 0.717) is 24.5 Å². The molecule has 9 heteroatoms. The molecule has 0 bridgehead atoms. The molecule has 2 aliphatic rings. The fourth-order valence-electron chi connectivity index (χ4n) is 2.74. The van der Waals surface area contributed by atoms with Crippen LogP contribution in [0.4, 0.5) is 5.69 Å². The molecule has 8 nitrogen and oxygen atoms in total. The van der Waals surface area contributed by atoms with Crippen molar-refractivity contribution in [3.05, 3.63) is 18.2 Å². The highest BCUT2D eigenvalue weighted by atomic mass is 32.2. The van der Waals surface area contributed by atoms with Gasteiger partial charge in [0.25, 0.3) is 5.91 Å². The number of benzene rings is 1. The second kappa shape index (κ2) is 6.06. The molecule has 1 N–H and O–H groups in total. The van der Waals surface area contributed by atoms with Gasteiger partial charge in [-0.15, -0.1) is 0 Å². The Balaban J connectivity index is 1.82. The van der Waals surface area contributed by atoms with Gasteiger partial charge in [-0.3, -0.25) is 9.59 Å². The van der Waals surface area contributed by atoms with Crippen LogP contribution in [0, 0.1) is 0 Å². The number of fused-ring (bicyclic) bond motifs is 1. The van der Waals surface area contributed by atoms with E-state index in [9.17, 15) is 18.0 Å². The van der Waals surface area contributed by atoms with Crippen molar-refractivity contribution in [2.24, 2.45) is 0 Å². The zero-order valence-electron chi connectivity index (χ0n) is 13.5. The maximum atomic E-state index is 12.8. The van der Waals surface area contributed by atoms with E-state index in [1.54, 1.807) is 17.9 Å². The fourth-order valence-corrected chi connectivity index (χ4v) is 4.19. The number of rotatable bonds is 2. The zero-order valence-corrected chi connectivity index (χ0v) is 14.3. The number of sulfonamides is 1. The predicted molar refractivity (Wildman–Crippen MR) is 86.2 cm³/mol. The number of carbonyl (C=O) groups excluding carboxylic acids is 2. The monoisotopic (exact) mass is 353 g/mol. The largest absolute Gasteiger partial charge is 0.479 e. The van der Waals surface area contributed by atoms with Crippen molar-refractivity contribution in [1.82, 2.24) is 9.21 Å². The number of ether oxygens (including phenoxy) is 1. The van der Waals surface area contributed by atoms with E-state index < -0.39 is 16.1 Å². The van der Waals surface area contributed by atoms with Crippen LogP contribution in [0.1, 0.15) is 13.8 Å². The molecule has 0 aliphatic carbocycles. The average Bonchev–Trinajstić information content (AvgIpc) is 2.55. The Kier molecular flexibility index (Phi) is 4.22. The van der Waals surface area contributed by atoms with Gasteiger partial charge in [0.1, 0.15) is 5.75 Å². The fraction of sp³-hybridized carbons (Fsp3) is 0.467. The lowest BCUT2D eigenvalue weighted by atomic mass is 10.2. The Labute approximate surface area is 140 Å². The number of hydrogen-bond donors (Lipinski definition) is 1. The summed E-state index contributed by atoms with van der Waals surface area (Å²) in [5.74, 6) is 0.0735. The van der Waals surface area contributed by atoms with Crippen molar-refractivity contribution in [3.63, 3.8) is 0 Å². The maximum absolute atomic E-state index is 12.8. The number of piperazine rings is 1. The molecule has 0 radical (unpaired) electrons. The minimum absolute atomic E-state index is 0.0604. The summed E-state index contributed by atoms with van der Waals surface area (Å²) in [6.45, 7) is 4.33. The summed E-state index contributed by atoms with van der Waals surface area (Å²) in [5, 5.41) is 2.65. The van der Waals surface area contributed by atoms with E-state index in [1.165, 1.54) is 23.4 Å². The molecule has 0 saturated carbocycles. The van der Waals surface area contributed by atoms with E-state index in [2.05, 4.69) is 5.32 Å². The van der Waals surface area contributed by atoms with Gasteiger partial charge >= 0.3 is 0 Å². The number of nitrogens with one attached hydrogen (secondary N) is 1. The minimum atomic E-state index is -3.69. The molecule has 2 amide bonds. The second-order valence-corrected chi connectivity index (χ2v) is 7.76. The van der Waals surface area contributed by atoms with E-state index in [-0.39, 0.29) is 29.8 Å². The highest BCUT2D eigenvalue weighted by molar-refractivity contribution is 7.89. The maximum Gasteiger partial charge on any atom is 0.265 e. The first-order valence-electron chi connectivity index (χ1n) is 7.66. The normalized spacial score (nSPS) is 21.7. The van der Waals surface area contributed by atoms with Gasteiger partial charge in [0.2, 0.25) is 15.9 Å². The molecule has 0 aromatic heterocycles. The highest BCUT2D eigenvalue weighted by Crippen LogP contribution is 2.32. The standard InChI is InChI=1S/C15H19N3O5S/c1-10-15(20)16-13-9-12(3-4-14(13)23-10)24(21,22)18-7-5-17(6-8-18)11(2)19/h3-4,9-10H,5-8H2,1-2H3,(H,16,20). The van der Waals surface area contributed by atoms with Crippen LogP contribution in [-0.4, -0.2) is 61.7 Å². The van der Waals surface area contributed by atoms with Crippen molar-refractivity contribution >= 4 is 27.5 Å². The van der Waals surface area contributed by atoms with E-state index >= 15 is 0 Å². The summed E-state index contributed by atoms with van der Waals surface area (Å²) in [6.07, 6.45) is -0.611. The molecular formula is C15H19N3O5S. The lowest BCUT2D eigenvalue weighted by Crippen LogP contribution is -2.49. The number of hydrogen-bond acceptors (Lipinski definition) is 5. The lowest BCUT2D eigenvalue weighted by molar-refractivity contribution is -0.130. The van der Waals surface area contributed by atoms with Crippen molar-refractivity contribution in [3.8, 4) is 5.75 Å². The molecule has 3 rings (SSSR count). The summed E-state index contributed by atoms with van der Waals surface area (Å²) in [4.78, 5) is 24.7. The smallest absolute Gasteiger partial charge is 0.265 e. The first kappa shape index (κ1) is 16.7. The summed E-state index contributed by atoms with van der Waals surface area (Å²) in [5.41, 5.74) is 0.349. The summed E-state index contributed by atoms with van der Waals surface area (Å²) < 4.78 is 32.3. The molecule has 1 saturated heterocycles. The third-order valence-electron chi connectivity index (χ3n) is 4.20. The molecule has 1 aromatic carbocycles. The zero-order chi connectivity index (χ0) is 17.5. The average molecular weight is 353 g/mol. The topological polar surface area (TPSA) is 96.0 Å². The summed E-state index contributed by atoms with van der Waals surface area (Å²) >= 11 is 0. The molecule has 1 fully saturated rings. The van der Waals surface area contributed by atoms with Gasteiger partial charge in [-0.05, 0) is 25.1 Å². The van der Waals surface area contributed by atoms with Crippen molar-refractivity contribution in [1.29, 1.82) is 0 Å². The Bertz CT molecular complexity index is 784. The Morgan fingerprint density at radius 1 is 1.25 bits per heavy atom. The Hall–Kier alpha value is -2.13. The van der Waals surface area contributed by atoms with Gasteiger partial charge in [0.15, 0.2) is 6.10 Å². The SMILES string of the molecule is CC(=O)N1CCN(S(=O)(=O)c2ccc3c(c2)NC(=O)C(C)O3)CC1. The molecular weight excluding hydrogens is 334 g/mol. The van der Waals surface area contributed by atoms with Gasteiger partial charge in [-0.25, -0.2) is 8.42 Å². The van der Waals surface area contributed by atoms with Crippen LogP contribution in [0.25, 0.3) is 0 Å². The summed E-state index contributed by atoms with van der Waals surface area (Å²) in [7, 11) is -3.69. The third-order valence-corrected chi connectivity index (χ3v) is 6.10. The summed E-state index contributed by atoms with van der Waals surface area (Å²) in [6, 6.07) is 4.42.